The molecule has 0 spiro atoms. The minimum absolute atomic E-state index is 0.550. The van der Waals surface area contributed by atoms with Crippen LogP contribution in [0.5, 0.6) is 5.75 Å². The van der Waals surface area contributed by atoms with Crippen molar-refractivity contribution in [3.05, 3.63) is 65.2 Å². The largest absolute Gasteiger partial charge is 0.492 e. The molecule has 2 N–H and O–H groups in total. The number of piperidine rings is 2. The molecule has 1 aliphatic carbocycles. The Labute approximate surface area is 209 Å². The van der Waals surface area contributed by atoms with E-state index in [0.29, 0.717) is 17.0 Å². The van der Waals surface area contributed by atoms with Crippen molar-refractivity contribution in [3.63, 3.8) is 0 Å². The molecule has 34 heavy (non-hydrogen) atoms. The summed E-state index contributed by atoms with van der Waals surface area (Å²) in [7, 11) is 0. The highest BCUT2D eigenvalue weighted by Crippen LogP contribution is 2.29. The molecule has 0 radical (unpaired) electrons. The first-order chi connectivity index (χ1) is 16.7. The van der Waals surface area contributed by atoms with E-state index in [1.807, 2.05) is 24.5 Å². The van der Waals surface area contributed by atoms with E-state index < -0.39 is 0 Å². The molecule has 0 aromatic carbocycles. The molecule has 2 saturated heterocycles. The van der Waals surface area contributed by atoms with Crippen molar-refractivity contribution in [3.8, 4) is 5.75 Å². The maximum absolute atomic E-state index is 5.75. The molecule has 5 rings (SSSR count). The van der Waals surface area contributed by atoms with Crippen LogP contribution in [0.4, 0.5) is 0 Å². The normalized spacial score (nSPS) is 21.4. The van der Waals surface area contributed by atoms with Crippen LogP contribution < -0.4 is 15.4 Å². The molecule has 2 aliphatic heterocycles. The van der Waals surface area contributed by atoms with Crippen molar-refractivity contribution in [2.24, 2.45) is 17.8 Å². The predicted octanol–water partition coefficient (Wildman–Crippen LogP) is 5.63. The smallest absolute Gasteiger partial charge is 0.138 e. The molecular formula is C28H37ClN4O. The van der Waals surface area contributed by atoms with Crippen molar-refractivity contribution >= 4 is 23.8 Å². The molecule has 1 atom stereocenters. The van der Waals surface area contributed by atoms with Gasteiger partial charge >= 0.3 is 0 Å². The first-order valence-corrected chi connectivity index (χ1v) is 13.1. The Hall–Kier alpha value is -2.21. The van der Waals surface area contributed by atoms with E-state index in [4.69, 9.17) is 16.3 Å². The highest BCUT2D eigenvalue weighted by Gasteiger charge is 2.21. The number of halogens is 1. The standard InChI is InChI=1S/C16H22N2O.C12H15ClN2/c1-2-13(9-17-7-1)3-6-15-8-16(11-18-10-15)19-12-14-4-5-14;13-12-4-3-11(9-15-12)2-1-10-5-7-14-8-6-10/h3,6,8,10-11,13-14,17H,1-2,4-5,7,9,12H2;1-4,9-10,14H,5-8H2. The molecule has 4 heterocycles. The maximum Gasteiger partial charge on any atom is 0.138 e. The van der Waals surface area contributed by atoms with Crippen LogP contribution in [0, 0.1) is 17.8 Å². The van der Waals surface area contributed by atoms with E-state index in [9.17, 15) is 0 Å². The molecule has 2 aromatic rings. The highest BCUT2D eigenvalue weighted by molar-refractivity contribution is 6.29. The summed E-state index contributed by atoms with van der Waals surface area (Å²) in [6, 6.07) is 5.90. The first-order valence-electron chi connectivity index (χ1n) is 12.7. The van der Waals surface area contributed by atoms with Gasteiger partial charge in [0.1, 0.15) is 10.9 Å². The Kier molecular flexibility index (Phi) is 9.97. The number of ether oxygens (including phenoxy) is 1. The summed E-state index contributed by atoms with van der Waals surface area (Å²) in [5.41, 5.74) is 2.26. The summed E-state index contributed by atoms with van der Waals surface area (Å²) < 4.78 is 5.75. The fourth-order valence-electron chi connectivity index (χ4n) is 4.16. The molecule has 1 unspecified atom stereocenters. The fourth-order valence-corrected chi connectivity index (χ4v) is 4.28. The molecule has 182 valence electrons. The van der Waals surface area contributed by atoms with Crippen LogP contribution in [0.15, 0.2) is 48.9 Å². The molecule has 6 heteroatoms. The third kappa shape index (κ3) is 9.21. The number of allylic oxidation sites excluding steroid dienone is 1. The Morgan fingerprint density at radius 3 is 2.44 bits per heavy atom. The SMILES string of the molecule is C(=CC1CCCNC1)c1cncc(OCC2CC2)c1.Clc1ccc(C=CC2CCNCC2)cn1. The average Bonchev–Trinajstić information content (AvgIpc) is 3.73. The minimum atomic E-state index is 0.550. The van der Waals surface area contributed by atoms with Crippen LogP contribution in [-0.4, -0.2) is 42.8 Å². The first kappa shape index (κ1) is 24.9. The van der Waals surface area contributed by atoms with Gasteiger partial charge in [0.2, 0.25) is 0 Å². The quantitative estimate of drug-likeness (QED) is 0.503. The Morgan fingerprint density at radius 1 is 0.882 bits per heavy atom. The second-order valence-electron chi connectivity index (χ2n) is 9.53. The van der Waals surface area contributed by atoms with Crippen molar-refractivity contribution < 1.29 is 4.74 Å². The number of aromatic nitrogens is 2. The topological polar surface area (TPSA) is 59.1 Å². The zero-order valence-electron chi connectivity index (χ0n) is 20.0. The van der Waals surface area contributed by atoms with Gasteiger partial charge in [-0.15, -0.1) is 0 Å². The molecule has 2 aromatic heterocycles. The van der Waals surface area contributed by atoms with Crippen LogP contribution in [0.1, 0.15) is 49.7 Å². The molecule has 3 fully saturated rings. The van der Waals surface area contributed by atoms with Gasteiger partial charge in [0.15, 0.2) is 0 Å². The van der Waals surface area contributed by atoms with E-state index in [0.717, 1.165) is 55.6 Å². The Morgan fingerprint density at radius 2 is 1.71 bits per heavy atom. The van der Waals surface area contributed by atoms with Gasteiger partial charge in [-0.2, -0.15) is 0 Å². The van der Waals surface area contributed by atoms with E-state index in [-0.39, 0.29) is 0 Å². The lowest BCUT2D eigenvalue weighted by Crippen LogP contribution is -2.28. The van der Waals surface area contributed by atoms with Gasteiger partial charge in [0, 0.05) is 18.9 Å². The number of hydrogen-bond donors (Lipinski definition) is 2. The van der Waals surface area contributed by atoms with Gasteiger partial charge in [-0.05, 0) is 99.2 Å². The van der Waals surface area contributed by atoms with Gasteiger partial charge in [-0.25, -0.2) is 4.98 Å². The summed E-state index contributed by atoms with van der Waals surface area (Å²) >= 11 is 5.72. The number of pyridine rings is 2. The van der Waals surface area contributed by atoms with Crippen LogP contribution in [-0.2, 0) is 0 Å². The maximum atomic E-state index is 5.75. The number of rotatable bonds is 7. The third-order valence-corrected chi connectivity index (χ3v) is 6.73. The van der Waals surface area contributed by atoms with Gasteiger partial charge < -0.3 is 15.4 Å². The van der Waals surface area contributed by atoms with Crippen molar-refractivity contribution in [1.29, 1.82) is 0 Å². The summed E-state index contributed by atoms with van der Waals surface area (Å²) in [5.74, 6) is 3.05. The van der Waals surface area contributed by atoms with Crippen LogP contribution in [0.3, 0.4) is 0 Å². The number of nitrogens with zero attached hydrogens (tertiary/aromatic N) is 2. The Balaban J connectivity index is 0.000000166. The molecule has 0 bridgehead atoms. The zero-order valence-corrected chi connectivity index (χ0v) is 20.7. The summed E-state index contributed by atoms with van der Waals surface area (Å²) in [4.78, 5) is 8.30. The number of hydrogen-bond acceptors (Lipinski definition) is 5. The molecule has 5 nitrogen and oxygen atoms in total. The van der Waals surface area contributed by atoms with E-state index in [2.05, 4.69) is 51.0 Å². The lowest BCUT2D eigenvalue weighted by molar-refractivity contribution is 0.298. The summed E-state index contributed by atoms with van der Waals surface area (Å²) in [6.07, 6.45) is 22.1. The van der Waals surface area contributed by atoms with Gasteiger partial charge in [0.05, 0.1) is 12.8 Å². The highest BCUT2D eigenvalue weighted by atomic mass is 35.5. The number of nitrogens with one attached hydrogen (secondary N) is 2. The lowest BCUT2D eigenvalue weighted by Gasteiger charge is -2.19. The zero-order chi connectivity index (χ0) is 23.4. The van der Waals surface area contributed by atoms with Crippen molar-refractivity contribution in [2.75, 3.05) is 32.8 Å². The van der Waals surface area contributed by atoms with E-state index >= 15 is 0 Å². The van der Waals surface area contributed by atoms with Gasteiger partial charge in [-0.1, -0.05) is 42.0 Å². The third-order valence-electron chi connectivity index (χ3n) is 6.51. The summed E-state index contributed by atoms with van der Waals surface area (Å²) in [6.45, 7) is 5.38. The second-order valence-corrected chi connectivity index (χ2v) is 9.92. The predicted molar refractivity (Wildman–Crippen MR) is 141 cm³/mol. The molecule has 3 aliphatic rings. The van der Waals surface area contributed by atoms with E-state index in [1.54, 1.807) is 6.20 Å². The van der Waals surface area contributed by atoms with Gasteiger partial charge in [0.25, 0.3) is 0 Å². The minimum Gasteiger partial charge on any atom is -0.492 e. The van der Waals surface area contributed by atoms with Crippen molar-refractivity contribution in [1.82, 2.24) is 20.6 Å². The Bertz CT molecular complexity index is 914. The van der Waals surface area contributed by atoms with Gasteiger partial charge in [-0.3, -0.25) is 4.98 Å². The molecule has 1 saturated carbocycles. The summed E-state index contributed by atoms with van der Waals surface area (Å²) in [5, 5.41) is 7.34. The average molecular weight is 481 g/mol. The van der Waals surface area contributed by atoms with Crippen molar-refractivity contribution in [2.45, 2.75) is 38.5 Å². The molecule has 0 amide bonds. The molecular weight excluding hydrogens is 444 g/mol. The van der Waals surface area contributed by atoms with Crippen LogP contribution in [0.25, 0.3) is 12.2 Å². The van der Waals surface area contributed by atoms with E-state index in [1.165, 1.54) is 38.5 Å². The second kappa shape index (κ2) is 13.6. The van der Waals surface area contributed by atoms with Crippen LogP contribution in [0.2, 0.25) is 5.15 Å². The lowest BCUT2D eigenvalue weighted by atomic mass is 9.97. The monoisotopic (exact) mass is 480 g/mol. The fraction of sp³-hybridized carbons (Fsp3) is 0.500. The van der Waals surface area contributed by atoms with Crippen LogP contribution >= 0.6 is 11.6 Å².